The highest BCUT2D eigenvalue weighted by molar-refractivity contribution is 7.99. The van der Waals surface area contributed by atoms with Crippen LogP contribution in [0.2, 0.25) is 0 Å². The first-order chi connectivity index (χ1) is 11.6. The number of rotatable bonds is 6. The molecular formula is C13H21N7O3S. The van der Waals surface area contributed by atoms with Crippen molar-refractivity contribution >= 4 is 34.7 Å². The number of anilines is 2. The number of ether oxygens (including phenoxy) is 1. The summed E-state index contributed by atoms with van der Waals surface area (Å²) >= 11 is 1.67. The van der Waals surface area contributed by atoms with Crippen molar-refractivity contribution in [3.63, 3.8) is 0 Å². The maximum absolute atomic E-state index is 10.4. The van der Waals surface area contributed by atoms with Crippen molar-refractivity contribution in [1.82, 2.24) is 19.5 Å². The first-order valence-electron chi connectivity index (χ1n) is 7.62. The van der Waals surface area contributed by atoms with Gasteiger partial charge in [-0.15, -0.1) is 0 Å². The van der Waals surface area contributed by atoms with E-state index >= 15 is 0 Å². The summed E-state index contributed by atoms with van der Waals surface area (Å²) in [6.07, 6.45) is -0.861. The molecule has 0 spiro atoms. The largest absolute Gasteiger partial charge is 0.387 e. The maximum atomic E-state index is 10.4. The molecule has 1 fully saturated rings. The van der Waals surface area contributed by atoms with E-state index < -0.39 is 24.5 Å². The van der Waals surface area contributed by atoms with Crippen LogP contribution >= 0.6 is 11.8 Å². The van der Waals surface area contributed by atoms with Crippen molar-refractivity contribution in [3.8, 4) is 0 Å². The topological polar surface area (TPSA) is 157 Å². The summed E-state index contributed by atoms with van der Waals surface area (Å²) in [5, 5.41) is 20.6. The minimum Gasteiger partial charge on any atom is -0.387 e. The number of thioether (sulfide) groups is 1. The van der Waals surface area contributed by atoms with Crippen LogP contribution < -0.4 is 17.0 Å². The summed E-state index contributed by atoms with van der Waals surface area (Å²) in [6, 6.07) is 0. The van der Waals surface area contributed by atoms with Gasteiger partial charge in [0.1, 0.15) is 17.7 Å². The highest BCUT2D eigenvalue weighted by Crippen LogP contribution is 2.33. The standard InChI is InChI=1S/C13H21N7O3S/c1-2-3-24-4-6-8(21)9(22)12(23-6)20-5-16-7-10(14)17-13(19-15)18-11(7)20/h5-6,8-9,12,21-22H,2-4,15H2,1H3,(H3,14,17,18,19)/t6-,8?,9?,12-/m1/s1. The minimum atomic E-state index is -1.10. The van der Waals surface area contributed by atoms with Crippen LogP contribution in [0, 0.1) is 0 Å². The zero-order valence-corrected chi connectivity index (χ0v) is 14.0. The Morgan fingerprint density at radius 1 is 1.38 bits per heavy atom. The number of nitrogens with one attached hydrogen (secondary N) is 1. The molecule has 0 saturated carbocycles. The van der Waals surface area contributed by atoms with Crippen LogP contribution in [0.4, 0.5) is 11.8 Å². The lowest BCUT2D eigenvalue weighted by atomic mass is 10.1. The molecule has 2 aromatic heterocycles. The van der Waals surface area contributed by atoms with E-state index in [1.165, 1.54) is 10.9 Å². The predicted octanol–water partition coefficient (Wildman–Crippen LogP) is -0.543. The molecule has 1 saturated heterocycles. The van der Waals surface area contributed by atoms with Gasteiger partial charge in [-0.3, -0.25) is 9.99 Å². The number of aromatic nitrogens is 4. The lowest BCUT2D eigenvalue weighted by Crippen LogP contribution is -2.32. The van der Waals surface area contributed by atoms with Crippen molar-refractivity contribution in [3.05, 3.63) is 6.33 Å². The van der Waals surface area contributed by atoms with Gasteiger partial charge in [-0.1, -0.05) is 6.92 Å². The Labute approximate surface area is 142 Å². The van der Waals surface area contributed by atoms with Crippen molar-refractivity contribution < 1.29 is 14.9 Å². The van der Waals surface area contributed by atoms with Crippen LogP contribution in [0.1, 0.15) is 19.6 Å². The van der Waals surface area contributed by atoms with Gasteiger partial charge in [-0.25, -0.2) is 10.8 Å². The Morgan fingerprint density at radius 2 is 2.17 bits per heavy atom. The smallest absolute Gasteiger partial charge is 0.241 e. The second kappa shape index (κ2) is 7.07. The van der Waals surface area contributed by atoms with Gasteiger partial charge < -0.3 is 20.7 Å². The number of hydrogen-bond donors (Lipinski definition) is 5. The fourth-order valence-corrected chi connectivity index (χ4v) is 3.59. The number of imidazole rings is 1. The van der Waals surface area contributed by atoms with E-state index in [2.05, 4.69) is 27.3 Å². The molecule has 132 valence electrons. The Bertz CT molecular complexity index is 712. The first kappa shape index (κ1) is 17.2. The van der Waals surface area contributed by atoms with Crippen LogP contribution in [0.5, 0.6) is 0 Å². The Kier molecular flexibility index (Phi) is 5.06. The molecule has 0 bridgehead atoms. The van der Waals surface area contributed by atoms with Crippen LogP contribution in [-0.2, 0) is 4.74 Å². The number of nitrogens with zero attached hydrogens (tertiary/aromatic N) is 4. The molecule has 24 heavy (non-hydrogen) atoms. The van der Waals surface area contributed by atoms with E-state index in [1.54, 1.807) is 11.8 Å². The van der Waals surface area contributed by atoms with Gasteiger partial charge in [0.15, 0.2) is 17.7 Å². The Morgan fingerprint density at radius 3 is 2.88 bits per heavy atom. The molecule has 2 unspecified atom stereocenters. The molecule has 0 amide bonds. The number of nitrogen functional groups attached to an aromatic ring is 2. The molecule has 2 aromatic rings. The van der Waals surface area contributed by atoms with Crippen molar-refractivity contribution in [2.24, 2.45) is 5.84 Å². The quantitative estimate of drug-likeness (QED) is 0.259. The highest BCUT2D eigenvalue weighted by Gasteiger charge is 2.44. The molecule has 11 heteroatoms. The van der Waals surface area contributed by atoms with E-state index in [0.29, 0.717) is 16.9 Å². The normalized spacial score (nSPS) is 27.0. The summed E-state index contributed by atoms with van der Waals surface area (Å²) in [7, 11) is 0. The van der Waals surface area contributed by atoms with Crippen LogP contribution in [0.3, 0.4) is 0 Å². The zero-order valence-electron chi connectivity index (χ0n) is 13.2. The summed E-state index contributed by atoms with van der Waals surface area (Å²) in [4.78, 5) is 12.3. The monoisotopic (exact) mass is 355 g/mol. The first-order valence-corrected chi connectivity index (χ1v) is 8.78. The number of hydrazine groups is 1. The molecule has 4 atom stereocenters. The van der Waals surface area contributed by atoms with Crippen LogP contribution in [0.25, 0.3) is 11.2 Å². The van der Waals surface area contributed by atoms with E-state index in [-0.39, 0.29) is 11.8 Å². The maximum Gasteiger partial charge on any atom is 0.241 e. The predicted molar refractivity (Wildman–Crippen MR) is 91.1 cm³/mol. The van der Waals surface area contributed by atoms with Crippen LogP contribution in [0.15, 0.2) is 6.33 Å². The third-order valence-electron chi connectivity index (χ3n) is 3.82. The second-order valence-corrected chi connectivity index (χ2v) is 6.67. The fraction of sp³-hybridized carbons (Fsp3) is 0.615. The average Bonchev–Trinajstić information content (AvgIpc) is 3.11. The zero-order chi connectivity index (χ0) is 17.3. The van der Waals surface area contributed by atoms with Gasteiger partial charge in [0.2, 0.25) is 5.95 Å². The average molecular weight is 355 g/mol. The number of nitrogens with two attached hydrogens (primary N) is 2. The van der Waals surface area contributed by atoms with E-state index in [9.17, 15) is 10.2 Å². The summed E-state index contributed by atoms with van der Waals surface area (Å²) in [5.74, 6) is 7.20. The van der Waals surface area contributed by atoms with E-state index in [0.717, 1.165) is 12.2 Å². The van der Waals surface area contributed by atoms with Gasteiger partial charge in [0, 0.05) is 5.75 Å². The van der Waals surface area contributed by atoms with Gasteiger partial charge in [-0.05, 0) is 12.2 Å². The molecule has 3 heterocycles. The Balaban J connectivity index is 1.88. The fourth-order valence-electron chi connectivity index (χ4n) is 2.63. The molecule has 1 aliphatic heterocycles. The van der Waals surface area contributed by atoms with Crippen molar-refractivity contribution in [2.75, 3.05) is 22.7 Å². The van der Waals surface area contributed by atoms with E-state index in [1.807, 2.05) is 0 Å². The number of fused-ring (bicyclic) bond motifs is 1. The number of aliphatic hydroxyl groups is 2. The number of aliphatic hydroxyl groups excluding tert-OH is 2. The highest BCUT2D eigenvalue weighted by atomic mass is 32.2. The Hall–Kier alpha value is -1.66. The van der Waals surface area contributed by atoms with Gasteiger partial charge >= 0.3 is 0 Å². The third-order valence-corrected chi connectivity index (χ3v) is 5.08. The van der Waals surface area contributed by atoms with Gasteiger partial charge in [-0.2, -0.15) is 21.7 Å². The third kappa shape index (κ3) is 3.00. The summed E-state index contributed by atoms with van der Waals surface area (Å²) < 4.78 is 7.38. The molecule has 0 aliphatic carbocycles. The van der Waals surface area contributed by atoms with Gasteiger partial charge in [0.25, 0.3) is 0 Å². The SMILES string of the molecule is CCCSC[C@H]1O[C@@H](n2cnc3c(N)nc(NN)nc32)C(O)C1O. The number of hydrogen-bond acceptors (Lipinski definition) is 10. The molecule has 0 aromatic carbocycles. The molecule has 1 aliphatic rings. The second-order valence-electron chi connectivity index (χ2n) is 5.52. The summed E-state index contributed by atoms with van der Waals surface area (Å²) in [6.45, 7) is 2.08. The van der Waals surface area contributed by atoms with Crippen molar-refractivity contribution in [1.29, 1.82) is 0 Å². The molecule has 0 radical (unpaired) electrons. The summed E-state index contributed by atoms with van der Waals surface area (Å²) in [5.41, 5.74) is 8.91. The molecular weight excluding hydrogens is 334 g/mol. The molecule has 3 rings (SSSR count). The lowest BCUT2D eigenvalue weighted by molar-refractivity contribution is -0.0288. The molecule has 10 nitrogen and oxygen atoms in total. The van der Waals surface area contributed by atoms with Gasteiger partial charge in [0.05, 0.1) is 12.4 Å². The van der Waals surface area contributed by atoms with E-state index in [4.69, 9.17) is 16.3 Å². The van der Waals surface area contributed by atoms with Crippen molar-refractivity contribution in [2.45, 2.75) is 37.9 Å². The molecule has 7 N–H and O–H groups in total. The van der Waals surface area contributed by atoms with Crippen LogP contribution in [-0.4, -0.2) is 59.5 Å². The minimum absolute atomic E-state index is 0.129. The lowest BCUT2D eigenvalue weighted by Gasteiger charge is -2.16.